The Balaban J connectivity index is 1.70. The summed E-state index contributed by atoms with van der Waals surface area (Å²) >= 11 is 0.257. The predicted octanol–water partition coefficient (Wildman–Crippen LogP) is 7.53. The first kappa shape index (κ1) is 20.5. The number of hydrogen-bond donors (Lipinski definition) is 0. The lowest BCUT2D eigenvalue weighted by molar-refractivity contribution is -0.137. The minimum Gasteiger partial charge on any atom is -0.336 e. The van der Waals surface area contributed by atoms with E-state index in [0.29, 0.717) is 11.3 Å². The van der Waals surface area contributed by atoms with Gasteiger partial charge in [0.2, 0.25) is 5.91 Å². The average molecular weight is 696 g/mol. The quantitative estimate of drug-likeness (QED) is 0.0823. The van der Waals surface area contributed by atoms with Crippen molar-refractivity contribution in [3.63, 3.8) is 0 Å². The molecule has 3 aromatic carbocycles. The summed E-state index contributed by atoms with van der Waals surface area (Å²) in [6, 6.07) is -3.81. The molecule has 48 heavy (non-hydrogen) atoms. The summed E-state index contributed by atoms with van der Waals surface area (Å²) in [6.45, 7) is -7.00. The van der Waals surface area contributed by atoms with Crippen molar-refractivity contribution in [3.05, 3.63) is 116 Å². The number of rotatable bonds is 13. The monoisotopic (exact) mass is 695 g/mol. The molecule has 0 fully saturated rings. The lowest BCUT2D eigenvalue weighted by Crippen LogP contribution is -2.40. The highest BCUT2D eigenvalue weighted by atomic mass is 32.2. The Labute approximate surface area is 303 Å². The molecule has 1 amide bonds. The molecule has 0 radical (unpaired) electrons. The molecule has 1 aliphatic rings. The van der Waals surface area contributed by atoms with Crippen LogP contribution in [0.15, 0.2) is 76.5 Å². The summed E-state index contributed by atoms with van der Waals surface area (Å²) in [6.07, 6.45) is -4.82. The highest BCUT2D eigenvalue weighted by Crippen LogP contribution is 2.32. The molecule has 0 saturated heterocycles. The second-order valence-electron chi connectivity index (χ2n) is 10.6. The third kappa shape index (κ3) is 8.54. The van der Waals surface area contributed by atoms with Crippen molar-refractivity contribution >= 4 is 17.7 Å². The number of carbonyl (C=O) groups excluding carboxylic acids is 1. The molecule has 5 rings (SSSR count). The van der Waals surface area contributed by atoms with Gasteiger partial charge in [-0.1, -0.05) is 68.0 Å². The van der Waals surface area contributed by atoms with E-state index >= 15 is 0 Å². The predicted molar refractivity (Wildman–Crippen MR) is 181 cm³/mol. The molecule has 1 aliphatic carbocycles. The van der Waals surface area contributed by atoms with Crippen molar-refractivity contribution in [2.75, 3.05) is 26.1 Å². The fourth-order valence-electron chi connectivity index (χ4n) is 4.88. The Morgan fingerprint density at radius 1 is 1.02 bits per heavy atom. The fourth-order valence-corrected chi connectivity index (χ4v) is 5.61. The van der Waals surface area contributed by atoms with Gasteiger partial charge in [0.05, 0.1) is 17.9 Å². The van der Waals surface area contributed by atoms with Gasteiger partial charge < -0.3 is 14.4 Å². The molecular weight excluding hydrogens is 640 g/mol. The van der Waals surface area contributed by atoms with Crippen molar-refractivity contribution in [2.24, 2.45) is 0 Å². The summed E-state index contributed by atoms with van der Waals surface area (Å²) in [5.41, 5.74) is -7.46. The van der Waals surface area contributed by atoms with Crippen LogP contribution in [-0.4, -0.2) is 51.3 Å². The number of carbonyl (C=O) groups is 1. The third-order valence-corrected chi connectivity index (χ3v) is 8.24. The van der Waals surface area contributed by atoms with E-state index in [1.165, 1.54) is 6.92 Å². The average Bonchev–Trinajstić information content (AvgIpc) is 3.64. The van der Waals surface area contributed by atoms with Crippen LogP contribution in [-0.2, 0) is 42.6 Å². The second kappa shape index (κ2) is 15.5. The topological polar surface area (TPSA) is 58.4 Å². The maximum absolute atomic E-state index is 14.9. The summed E-state index contributed by atoms with van der Waals surface area (Å²) in [5, 5.41) is -0.593. The molecule has 6 nitrogen and oxygen atoms in total. The molecule has 1 aromatic heterocycles. The van der Waals surface area contributed by atoms with Gasteiger partial charge in [-0.25, -0.2) is 4.39 Å². The fraction of sp³-hybridized carbons (Fsp3) is 0.378. The second-order valence-corrected chi connectivity index (χ2v) is 11.3. The highest BCUT2D eigenvalue weighted by molar-refractivity contribution is 7.98. The molecule has 1 heterocycles. The number of amides is 1. The number of benzene rings is 3. The van der Waals surface area contributed by atoms with Gasteiger partial charge in [-0.15, -0.1) is 0 Å². The Hall–Kier alpha value is -3.96. The van der Waals surface area contributed by atoms with Crippen LogP contribution >= 0.6 is 11.8 Å². The van der Waals surface area contributed by atoms with Crippen LogP contribution in [0.4, 0.5) is 17.6 Å². The first-order valence-corrected chi connectivity index (χ1v) is 15.5. The van der Waals surface area contributed by atoms with Crippen molar-refractivity contribution in [3.8, 4) is 11.1 Å². The van der Waals surface area contributed by atoms with Crippen molar-refractivity contribution < 1.29 is 42.9 Å². The van der Waals surface area contributed by atoms with Gasteiger partial charge >= 0.3 is 6.18 Å². The van der Waals surface area contributed by atoms with E-state index < -0.39 is 132 Å². The van der Waals surface area contributed by atoms with Crippen molar-refractivity contribution in [1.82, 2.24) is 19.4 Å². The number of hydrogen-bond acceptors (Lipinski definition) is 5. The van der Waals surface area contributed by atoms with Crippen LogP contribution in [0.5, 0.6) is 0 Å². The Morgan fingerprint density at radius 2 is 1.71 bits per heavy atom. The van der Waals surface area contributed by atoms with Gasteiger partial charge in [-0.3, -0.25) is 9.59 Å². The van der Waals surface area contributed by atoms with Crippen LogP contribution < -0.4 is 5.56 Å². The van der Waals surface area contributed by atoms with E-state index in [4.69, 9.17) is 17.8 Å². The summed E-state index contributed by atoms with van der Waals surface area (Å²) in [7, 11) is 0. The smallest absolute Gasteiger partial charge is 0.336 e. The summed E-state index contributed by atoms with van der Waals surface area (Å²) < 4.78 is 185. The molecule has 254 valence electrons. The van der Waals surface area contributed by atoms with Crippen LogP contribution in [0.3, 0.4) is 0 Å². The zero-order valence-corrected chi connectivity index (χ0v) is 26.9. The number of aromatic nitrogens is 2. The number of fused-ring (bicyclic) bond motifs is 1. The number of halogens is 4. The zero-order valence-electron chi connectivity index (χ0n) is 41.1. The number of likely N-dealkylation sites (N-methyl/N-ethyl adjacent to an activating group) is 1. The van der Waals surface area contributed by atoms with Crippen molar-refractivity contribution in [1.29, 1.82) is 0 Å². The molecule has 4 aromatic rings. The van der Waals surface area contributed by atoms with Gasteiger partial charge in [0.25, 0.3) is 5.56 Å². The minimum atomic E-state index is -5.31. The van der Waals surface area contributed by atoms with E-state index in [9.17, 15) is 29.9 Å². The Bertz CT molecular complexity index is 2460. The molecule has 0 saturated carbocycles. The van der Waals surface area contributed by atoms with Crippen LogP contribution in [0.1, 0.15) is 74.3 Å². The first-order chi connectivity index (χ1) is 28.7. The normalized spacial score (nSPS) is 18.5. The SMILES string of the molecule is [2H]c1c([2H])c(-c2c([2H])c([2H])c(C(F)(F)F)c([2H])c2[2H])c([2H])c(C)c1CN(CCN(C([2H])([2H])C)C([2H])([2H])C)C(=O)C([2H])([2H])n1c(SC([2H])([2H])c2ccc(F)cc2)nc(=O)c2c1CCC2. The van der Waals surface area contributed by atoms with Crippen LogP contribution in [0.2, 0.25) is 0 Å². The lowest BCUT2D eigenvalue weighted by Gasteiger charge is -2.28. The van der Waals surface area contributed by atoms with Gasteiger partial charge in [0.1, 0.15) is 12.3 Å². The maximum atomic E-state index is 14.9. The Morgan fingerprint density at radius 3 is 2.38 bits per heavy atom. The molecule has 0 atom stereocenters. The van der Waals surface area contributed by atoms with Gasteiger partial charge in [0, 0.05) is 44.8 Å². The third-order valence-electron chi connectivity index (χ3n) is 7.45. The van der Waals surface area contributed by atoms with E-state index in [1.807, 2.05) is 0 Å². The highest BCUT2D eigenvalue weighted by Gasteiger charge is 2.30. The lowest BCUT2D eigenvalue weighted by atomic mass is 9.98. The van der Waals surface area contributed by atoms with Gasteiger partial charge in [-0.2, -0.15) is 18.2 Å². The summed E-state index contributed by atoms with van der Waals surface area (Å²) in [4.78, 5) is 33.6. The number of thioether (sulfide) groups is 1. The van der Waals surface area contributed by atoms with E-state index in [0.717, 1.165) is 47.6 Å². The van der Waals surface area contributed by atoms with E-state index in [-0.39, 0.29) is 52.6 Å². The van der Waals surface area contributed by atoms with E-state index in [1.54, 1.807) is 0 Å². The van der Waals surface area contributed by atoms with E-state index in [2.05, 4.69) is 4.98 Å². The van der Waals surface area contributed by atoms with Gasteiger partial charge in [-0.05, 0) is 91.2 Å². The van der Waals surface area contributed by atoms with Gasteiger partial charge in [0.15, 0.2) is 5.16 Å². The first-order valence-electron chi connectivity index (χ1n) is 22.2. The molecular formula is C37H40F4N4O2S. The molecule has 0 aliphatic heterocycles. The minimum absolute atomic E-state index is 0.00202. The molecule has 0 N–H and O–H groups in total. The standard InChI is InChI=1S/C37H40F4N4O2S/c1-4-43(5-2)19-20-44(22-29-12-11-28(21-25(29)3)27-13-15-30(16-14-27)37(39,40)41)34(46)23-45-33-8-6-7-32(33)35(47)42-36(45)48-24-26-9-17-31(38)18-10-26/h9-18,21H,4-8,19-20,22-24H2,1-3H3/i4D2,5D2,11D,12D,13D,14D,15D,16D,21D,23D2,24D2. The van der Waals surface area contributed by atoms with Crippen LogP contribution in [0.25, 0.3) is 11.1 Å². The molecule has 0 spiro atoms. The summed E-state index contributed by atoms with van der Waals surface area (Å²) in [5.74, 6) is -2.15. The zero-order chi connectivity index (χ0) is 47.7. The number of alkyl halides is 3. The molecule has 0 unspecified atom stereocenters. The molecule has 11 heteroatoms. The van der Waals surface area contributed by atoms with Crippen molar-refractivity contribution in [2.45, 2.75) is 70.1 Å². The maximum Gasteiger partial charge on any atom is 0.416 e. The largest absolute Gasteiger partial charge is 0.416 e. The van der Waals surface area contributed by atoms with Crippen LogP contribution in [0, 0.1) is 12.7 Å². The number of nitrogens with zero attached hydrogens (tertiary/aromatic N) is 4. The molecule has 0 bridgehead atoms. The Kier molecular flexibility index (Phi) is 6.63.